The number of fused-ring (bicyclic) bond motifs is 1. The lowest BCUT2D eigenvalue weighted by Crippen LogP contribution is -2.25. The van der Waals surface area contributed by atoms with Crippen LogP contribution in [0.4, 0.5) is 5.82 Å². The second kappa shape index (κ2) is 6.25. The minimum Gasteiger partial charge on any atom is -0.356 e. The molecule has 1 saturated heterocycles. The highest BCUT2D eigenvalue weighted by atomic mass is 15.2. The summed E-state index contributed by atoms with van der Waals surface area (Å²) in [5.41, 5.74) is 11.2. The minimum absolute atomic E-state index is 0.214. The maximum atomic E-state index is 6.23. The van der Waals surface area contributed by atoms with E-state index in [2.05, 4.69) is 43.9 Å². The van der Waals surface area contributed by atoms with E-state index in [1.165, 1.54) is 40.7 Å². The first kappa shape index (κ1) is 15.3. The lowest BCUT2D eigenvalue weighted by Gasteiger charge is -2.23. The molecule has 0 amide bonds. The second-order valence-electron chi connectivity index (χ2n) is 6.69. The monoisotopic (exact) mass is 297 g/mol. The van der Waals surface area contributed by atoms with Gasteiger partial charge in [0, 0.05) is 24.5 Å². The summed E-state index contributed by atoms with van der Waals surface area (Å²) in [6.45, 7) is 8.71. The molecule has 1 aromatic carbocycles. The highest BCUT2D eigenvalue weighted by Crippen LogP contribution is 2.29. The van der Waals surface area contributed by atoms with Crippen LogP contribution < -0.4 is 10.6 Å². The van der Waals surface area contributed by atoms with Crippen molar-refractivity contribution in [2.45, 2.75) is 52.5 Å². The van der Waals surface area contributed by atoms with Crippen LogP contribution in [0.15, 0.2) is 18.2 Å². The average Bonchev–Trinajstić information content (AvgIpc) is 3.00. The van der Waals surface area contributed by atoms with Gasteiger partial charge >= 0.3 is 0 Å². The van der Waals surface area contributed by atoms with Gasteiger partial charge in [0.15, 0.2) is 0 Å². The molecule has 2 heterocycles. The van der Waals surface area contributed by atoms with E-state index in [1.807, 2.05) is 0 Å². The fourth-order valence-electron chi connectivity index (χ4n) is 3.47. The molecule has 0 aliphatic carbocycles. The van der Waals surface area contributed by atoms with Gasteiger partial charge in [0.1, 0.15) is 5.82 Å². The Hall–Kier alpha value is -1.61. The molecular weight excluding hydrogens is 270 g/mol. The van der Waals surface area contributed by atoms with Crippen LogP contribution >= 0.6 is 0 Å². The molecule has 0 spiro atoms. The van der Waals surface area contributed by atoms with Gasteiger partial charge in [0.2, 0.25) is 0 Å². The Balaban J connectivity index is 2.13. The number of benzene rings is 1. The zero-order valence-corrected chi connectivity index (χ0v) is 14.0. The number of hydrogen-bond donors (Lipinski definition) is 1. The molecule has 3 heteroatoms. The molecule has 118 valence electrons. The number of pyridine rings is 1. The molecule has 1 aliphatic rings. The largest absolute Gasteiger partial charge is 0.356 e. The number of aryl methyl sites for hydroxylation is 2. The molecule has 1 atom stereocenters. The van der Waals surface area contributed by atoms with E-state index < -0.39 is 0 Å². The van der Waals surface area contributed by atoms with Crippen LogP contribution in [0.5, 0.6) is 0 Å². The molecular formula is C19H27N3. The third-order valence-electron chi connectivity index (χ3n) is 4.72. The summed E-state index contributed by atoms with van der Waals surface area (Å²) in [6.07, 6.45) is 4.46. The maximum absolute atomic E-state index is 6.23. The molecule has 0 bridgehead atoms. The van der Waals surface area contributed by atoms with Crippen LogP contribution in [0.3, 0.4) is 0 Å². The van der Waals surface area contributed by atoms with Crippen molar-refractivity contribution in [1.29, 1.82) is 0 Å². The van der Waals surface area contributed by atoms with E-state index >= 15 is 0 Å². The van der Waals surface area contributed by atoms with E-state index in [0.29, 0.717) is 0 Å². The van der Waals surface area contributed by atoms with Crippen molar-refractivity contribution < 1.29 is 0 Å². The van der Waals surface area contributed by atoms with Gasteiger partial charge in [-0.2, -0.15) is 0 Å². The van der Waals surface area contributed by atoms with Crippen molar-refractivity contribution in [2.24, 2.45) is 5.73 Å². The summed E-state index contributed by atoms with van der Waals surface area (Å²) < 4.78 is 0. The number of aromatic nitrogens is 1. The summed E-state index contributed by atoms with van der Waals surface area (Å²) in [4.78, 5) is 7.50. The molecule has 22 heavy (non-hydrogen) atoms. The molecule has 2 aromatic rings. The maximum Gasteiger partial charge on any atom is 0.132 e. The summed E-state index contributed by atoms with van der Waals surface area (Å²) in [7, 11) is 0. The number of nitrogens with zero attached hydrogens (tertiary/aromatic N) is 2. The van der Waals surface area contributed by atoms with Crippen LogP contribution in [0.1, 0.15) is 42.9 Å². The third-order valence-corrected chi connectivity index (χ3v) is 4.72. The Kier molecular flexibility index (Phi) is 4.34. The molecule has 0 saturated carbocycles. The minimum atomic E-state index is 0.214. The first-order chi connectivity index (χ1) is 10.6. The summed E-state index contributed by atoms with van der Waals surface area (Å²) >= 11 is 0. The van der Waals surface area contributed by atoms with E-state index in [-0.39, 0.29) is 6.04 Å². The Morgan fingerprint density at radius 1 is 1.18 bits per heavy atom. The van der Waals surface area contributed by atoms with Gasteiger partial charge in [0.25, 0.3) is 0 Å². The SMILES string of the molecule is CCC(N)Cc1cc2cc(C)cc(C)c2nc1N1CCCC1. The van der Waals surface area contributed by atoms with Crippen molar-refractivity contribution in [3.05, 3.63) is 34.9 Å². The van der Waals surface area contributed by atoms with Gasteiger partial charge in [-0.15, -0.1) is 0 Å². The molecule has 0 radical (unpaired) electrons. The number of rotatable bonds is 4. The normalized spacial score (nSPS) is 16.5. The van der Waals surface area contributed by atoms with Crippen molar-refractivity contribution in [3.8, 4) is 0 Å². The Morgan fingerprint density at radius 2 is 1.91 bits per heavy atom. The molecule has 1 aliphatic heterocycles. The number of hydrogen-bond acceptors (Lipinski definition) is 3. The average molecular weight is 297 g/mol. The lowest BCUT2D eigenvalue weighted by molar-refractivity contribution is 0.644. The van der Waals surface area contributed by atoms with Gasteiger partial charge in [-0.05, 0) is 62.8 Å². The lowest BCUT2D eigenvalue weighted by atomic mass is 10.0. The number of anilines is 1. The number of nitrogens with two attached hydrogens (primary N) is 1. The summed E-state index contributed by atoms with van der Waals surface area (Å²) in [5.74, 6) is 1.17. The van der Waals surface area contributed by atoms with Gasteiger partial charge in [0.05, 0.1) is 5.52 Å². The van der Waals surface area contributed by atoms with Gasteiger partial charge in [-0.3, -0.25) is 0 Å². The highest BCUT2D eigenvalue weighted by molar-refractivity contribution is 5.85. The van der Waals surface area contributed by atoms with Crippen molar-refractivity contribution >= 4 is 16.7 Å². The summed E-state index contributed by atoms with van der Waals surface area (Å²) in [6, 6.07) is 7.00. The van der Waals surface area contributed by atoms with Crippen LogP contribution in [0.2, 0.25) is 0 Å². The first-order valence-corrected chi connectivity index (χ1v) is 8.50. The second-order valence-corrected chi connectivity index (χ2v) is 6.69. The molecule has 1 unspecified atom stereocenters. The van der Waals surface area contributed by atoms with Gasteiger partial charge < -0.3 is 10.6 Å². The van der Waals surface area contributed by atoms with E-state index in [0.717, 1.165) is 31.4 Å². The van der Waals surface area contributed by atoms with E-state index in [1.54, 1.807) is 0 Å². The van der Waals surface area contributed by atoms with Gasteiger partial charge in [-0.1, -0.05) is 18.6 Å². The molecule has 1 aromatic heterocycles. The fourth-order valence-corrected chi connectivity index (χ4v) is 3.47. The van der Waals surface area contributed by atoms with E-state index in [4.69, 9.17) is 10.7 Å². The Morgan fingerprint density at radius 3 is 2.59 bits per heavy atom. The van der Waals surface area contributed by atoms with Gasteiger partial charge in [-0.25, -0.2) is 4.98 Å². The molecule has 1 fully saturated rings. The predicted molar refractivity (Wildman–Crippen MR) is 94.6 cm³/mol. The molecule has 3 nitrogen and oxygen atoms in total. The van der Waals surface area contributed by atoms with Crippen LogP contribution in [-0.4, -0.2) is 24.1 Å². The van der Waals surface area contributed by atoms with Crippen molar-refractivity contribution in [3.63, 3.8) is 0 Å². The van der Waals surface area contributed by atoms with Crippen LogP contribution in [0, 0.1) is 13.8 Å². The van der Waals surface area contributed by atoms with E-state index in [9.17, 15) is 0 Å². The Labute approximate surface area is 133 Å². The topological polar surface area (TPSA) is 42.1 Å². The molecule has 2 N–H and O–H groups in total. The zero-order valence-electron chi connectivity index (χ0n) is 14.0. The third kappa shape index (κ3) is 2.95. The first-order valence-electron chi connectivity index (χ1n) is 8.50. The summed E-state index contributed by atoms with van der Waals surface area (Å²) in [5, 5.41) is 1.25. The smallest absolute Gasteiger partial charge is 0.132 e. The molecule has 3 rings (SSSR count). The van der Waals surface area contributed by atoms with Crippen LogP contribution in [0.25, 0.3) is 10.9 Å². The quantitative estimate of drug-likeness (QED) is 0.935. The van der Waals surface area contributed by atoms with Crippen molar-refractivity contribution in [2.75, 3.05) is 18.0 Å². The standard InChI is InChI=1S/C19H27N3/c1-4-17(20)12-16-11-15-10-13(2)9-14(3)18(15)21-19(16)22-7-5-6-8-22/h9-11,17H,4-8,12,20H2,1-3H3. The predicted octanol–water partition coefficient (Wildman–Crippen LogP) is 3.73. The fraction of sp³-hybridized carbons (Fsp3) is 0.526. The Bertz CT molecular complexity index is 672. The highest BCUT2D eigenvalue weighted by Gasteiger charge is 2.19. The zero-order chi connectivity index (χ0) is 15.7. The van der Waals surface area contributed by atoms with Crippen molar-refractivity contribution in [1.82, 2.24) is 4.98 Å². The van der Waals surface area contributed by atoms with Crippen LogP contribution in [-0.2, 0) is 6.42 Å².